The number of ketones is 1. The second kappa shape index (κ2) is 8.08. The summed E-state index contributed by atoms with van der Waals surface area (Å²) in [4.78, 5) is 36.0. The number of nitrogens with zero attached hydrogens (tertiary/aromatic N) is 1. The van der Waals surface area contributed by atoms with Crippen LogP contribution in [-0.4, -0.2) is 59.6 Å². The lowest BCUT2D eigenvalue weighted by atomic mass is 9.81. The molecule has 148 valence electrons. The predicted octanol–water partition coefficient (Wildman–Crippen LogP) is 2.77. The lowest BCUT2D eigenvalue weighted by Gasteiger charge is -2.43. The molecule has 1 amide bonds. The molecule has 0 saturated carbocycles. The molecule has 2 aliphatic heterocycles. The van der Waals surface area contributed by atoms with Gasteiger partial charge in [-0.05, 0) is 32.9 Å². The molecule has 2 heterocycles. The Kier molecular flexibility index (Phi) is 6.26. The zero-order chi connectivity index (χ0) is 20.2. The number of aromatic carboxylic acids is 1. The highest BCUT2D eigenvalue weighted by molar-refractivity contribution is 6.08. The number of hydrogen-bond acceptors (Lipinski definition) is 5. The van der Waals surface area contributed by atoms with Crippen LogP contribution < -0.4 is 4.74 Å². The number of fused-ring (bicyclic) bond motifs is 1. The van der Waals surface area contributed by atoms with E-state index in [0.29, 0.717) is 31.7 Å². The molecule has 7 nitrogen and oxygen atoms in total. The van der Waals surface area contributed by atoms with Crippen LogP contribution in [0.2, 0.25) is 0 Å². The summed E-state index contributed by atoms with van der Waals surface area (Å²) in [6, 6.07) is 4.62. The Hall–Kier alpha value is -2.41. The first-order valence-corrected chi connectivity index (χ1v) is 8.94. The van der Waals surface area contributed by atoms with E-state index in [-0.39, 0.29) is 28.9 Å². The number of piperidine rings is 1. The Morgan fingerprint density at radius 3 is 2.37 bits per heavy atom. The minimum atomic E-state index is -1.13. The summed E-state index contributed by atoms with van der Waals surface area (Å²) in [5.74, 6) is -0.991. The summed E-state index contributed by atoms with van der Waals surface area (Å²) >= 11 is 0. The van der Waals surface area contributed by atoms with Crippen LogP contribution in [0.1, 0.15) is 60.7 Å². The van der Waals surface area contributed by atoms with Crippen molar-refractivity contribution in [1.82, 2.24) is 4.90 Å². The second-order valence-electron chi connectivity index (χ2n) is 7.83. The number of methoxy groups -OCH3 is 1. The number of benzene rings is 1. The fourth-order valence-corrected chi connectivity index (χ4v) is 3.05. The molecule has 3 rings (SSSR count). The number of likely N-dealkylation sites (tertiary alicyclic amines) is 1. The predicted molar refractivity (Wildman–Crippen MR) is 99.3 cm³/mol. The Morgan fingerprint density at radius 2 is 1.89 bits per heavy atom. The minimum Gasteiger partial charge on any atom is -0.486 e. The van der Waals surface area contributed by atoms with E-state index >= 15 is 0 Å². The number of ether oxygens (including phenoxy) is 2. The minimum absolute atomic E-state index is 0.0160. The molecule has 2 aliphatic rings. The molecule has 0 aromatic heterocycles. The monoisotopic (exact) mass is 377 g/mol. The van der Waals surface area contributed by atoms with E-state index in [4.69, 9.17) is 9.47 Å². The van der Waals surface area contributed by atoms with Crippen LogP contribution in [0, 0.1) is 0 Å². The summed E-state index contributed by atoms with van der Waals surface area (Å²) in [5, 5.41) is 9.17. The molecule has 0 atom stereocenters. The zero-order valence-corrected chi connectivity index (χ0v) is 16.3. The van der Waals surface area contributed by atoms with Gasteiger partial charge in [0.05, 0.1) is 23.1 Å². The first-order chi connectivity index (χ1) is 12.6. The lowest BCUT2D eigenvalue weighted by molar-refractivity contribution is -0.121. The van der Waals surface area contributed by atoms with Crippen LogP contribution in [0.15, 0.2) is 18.2 Å². The quantitative estimate of drug-likeness (QED) is 0.797. The maximum Gasteiger partial charge on any atom is 0.336 e. The molecule has 0 aliphatic carbocycles. The number of Topliss-reactive ketones (excluding diaryl/α,β-unsaturated/α-hetero) is 1. The first-order valence-electron chi connectivity index (χ1n) is 8.94. The number of carboxylic acid groups (broad SMARTS) is 1. The van der Waals surface area contributed by atoms with E-state index in [1.54, 1.807) is 24.1 Å². The van der Waals surface area contributed by atoms with Crippen molar-refractivity contribution in [3.8, 4) is 5.75 Å². The van der Waals surface area contributed by atoms with Gasteiger partial charge in [0.25, 0.3) is 0 Å². The average molecular weight is 377 g/mol. The van der Waals surface area contributed by atoms with Crippen molar-refractivity contribution in [1.29, 1.82) is 0 Å². The molecule has 7 heteroatoms. The van der Waals surface area contributed by atoms with E-state index < -0.39 is 11.6 Å². The molecule has 1 fully saturated rings. The first kappa shape index (κ1) is 20.9. The van der Waals surface area contributed by atoms with Gasteiger partial charge < -0.3 is 19.5 Å². The maximum atomic E-state index is 12.4. The molecular weight excluding hydrogens is 350 g/mol. The third kappa shape index (κ3) is 5.07. The Bertz CT molecular complexity index is 714. The van der Waals surface area contributed by atoms with Crippen LogP contribution >= 0.6 is 0 Å². The van der Waals surface area contributed by atoms with Crippen molar-refractivity contribution in [3.05, 3.63) is 29.3 Å². The summed E-state index contributed by atoms with van der Waals surface area (Å²) in [6.07, 6.45) is 2.12. The molecule has 1 N–H and O–H groups in total. The van der Waals surface area contributed by atoms with Crippen LogP contribution in [0.4, 0.5) is 0 Å². The molecule has 1 aromatic carbocycles. The Labute approximate surface area is 159 Å². The van der Waals surface area contributed by atoms with Crippen LogP contribution in [0.3, 0.4) is 0 Å². The van der Waals surface area contributed by atoms with Gasteiger partial charge in [0.15, 0.2) is 5.78 Å². The van der Waals surface area contributed by atoms with E-state index in [2.05, 4.69) is 0 Å². The Balaban J connectivity index is 0.000000380. The molecule has 0 unspecified atom stereocenters. The second-order valence-corrected chi connectivity index (χ2v) is 7.83. The van der Waals surface area contributed by atoms with Crippen LogP contribution in [0.25, 0.3) is 0 Å². The van der Waals surface area contributed by atoms with E-state index in [1.807, 2.05) is 20.8 Å². The van der Waals surface area contributed by atoms with Gasteiger partial charge in [-0.15, -0.1) is 0 Å². The lowest BCUT2D eigenvalue weighted by Crippen LogP contribution is -2.50. The van der Waals surface area contributed by atoms with Gasteiger partial charge in [-0.25, -0.2) is 4.79 Å². The molecule has 1 aromatic rings. The normalized spacial score (nSPS) is 18.1. The zero-order valence-electron chi connectivity index (χ0n) is 16.3. The molecule has 0 radical (unpaired) electrons. The molecule has 27 heavy (non-hydrogen) atoms. The highest BCUT2D eigenvalue weighted by atomic mass is 16.5. The largest absolute Gasteiger partial charge is 0.486 e. The highest BCUT2D eigenvalue weighted by Gasteiger charge is 2.43. The molecule has 1 saturated heterocycles. The number of carbonyl (C=O) groups excluding carboxylic acids is 2. The van der Waals surface area contributed by atoms with Gasteiger partial charge in [-0.1, -0.05) is 6.07 Å². The van der Waals surface area contributed by atoms with Gasteiger partial charge in [0.2, 0.25) is 6.41 Å². The van der Waals surface area contributed by atoms with Crippen molar-refractivity contribution in [2.75, 3.05) is 20.2 Å². The topological polar surface area (TPSA) is 93.1 Å². The van der Waals surface area contributed by atoms with Crippen molar-refractivity contribution >= 4 is 18.2 Å². The standard InChI is InChI=1S/C15H15NO5.C5H12O/c17-9-16-6-4-15(5-7-16)8-11(18)13-10(14(19)20)2-1-3-12(13)21-15;1-5(2,3)6-4/h1-3,9H,4-8H2,(H,19,20);1-4H3. The molecule has 1 spiro atoms. The van der Waals surface area contributed by atoms with E-state index in [0.717, 1.165) is 6.41 Å². The number of carboxylic acids is 1. The van der Waals surface area contributed by atoms with E-state index in [9.17, 15) is 19.5 Å². The van der Waals surface area contributed by atoms with Crippen LogP contribution in [0.5, 0.6) is 5.75 Å². The van der Waals surface area contributed by atoms with Gasteiger partial charge >= 0.3 is 5.97 Å². The van der Waals surface area contributed by atoms with Gasteiger partial charge in [0, 0.05) is 33.0 Å². The van der Waals surface area contributed by atoms with Crippen molar-refractivity contribution in [2.24, 2.45) is 0 Å². The SMILES string of the molecule is COC(C)(C)C.O=CN1CCC2(CC1)CC(=O)c1c(cccc1C(=O)O)O2. The average Bonchev–Trinajstić information content (AvgIpc) is 2.61. The molecule has 0 bridgehead atoms. The van der Waals surface area contributed by atoms with Crippen molar-refractivity contribution in [2.45, 2.75) is 51.2 Å². The summed E-state index contributed by atoms with van der Waals surface area (Å²) in [6.45, 7) is 7.16. The molecular formula is C20H27NO6. The number of amides is 1. The van der Waals surface area contributed by atoms with Crippen molar-refractivity contribution in [3.63, 3.8) is 0 Å². The Morgan fingerprint density at radius 1 is 1.30 bits per heavy atom. The summed E-state index contributed by atoms with van der Waals surface area (Å²) in [5.41, 5.74) is -0.424. The number of carbonyl (C=O) groups is 3. The van der Waals surface area contributed by atoms with Crippen molar-refractivity contribution < 1.29 is 29.0 Å². The number of rotatable bonds is 2. The fourth-order valence-electron chi connectivity index (χ4n) is 3.05. The summed E-state index contributed by atoms with van der Waals surface area (Å²) < 4.78 is 10.9. The van der Waals surface area contributed by atoms with Gasteiger partial charge in [-0.2, -0.15) is 0 Å². The third-order valence-electron chi connectivity index (χ3n) is 4.82. The highest BCUT2D eigenvalue weighted by Crippen LogP contribution is 2.40. The smallest absolute Gasteiger partial charge is 0.336 e. The number of hydrogen-bond donors (Lipinski definition) is 1. The maximum absolute atomic E-state index is 12.4. The third-order valence-corrected chi connectivity index (χ3v) is 4.82. The van der Waals surface area contributed by atoms with E-state index in [1.165, 1.54) is 6.07 Å². The van der Waals surface area contributed by atoms with Gasteiger partial charge in [-0.3, -0.25) is 9.59 Å². The summed E-state index contributed by atoms with van der Waals surface area (Å²) in [7, 11) is 1.71. The van der Waals surface area contributed by atoms with Gasteiger partial charge in [0.1, 0.15) is 11.4 Å². The van der Waals surface area contributed by atoms with Crippen LogP contribution in [-0.2, 0) is 9.53 Å². The fraction of sp³-hybridized carbons (Fsp3) is 0.550.